The van der Waals surface area contributed by atoms with E-state index in [1.807, 2.05) is 54.6 Å². The first-order chi connectivity index (χ1) is 13.6. The SMILES string of the molecule is C=C1c2ccccc2N2C(=O)[C@H](CCCCl)N(C(=O)OCc3ccccc3)[C@@H]12. The van der Waals surface area contributed by atoms with E-state index in [1.54, 1.807) is 4.90 Å². The molecule has 2 atom stereocenters. The third-order valence-corrected chi connectivity index (χ3v) is 5.48. The Kier molecular flexibility index (Phi) is 5.09. The summed E-state index contributed by atoms with van der Waals surface area (Å²) in [5, 5.41) is 0. The van der Waals surface area contributed by atoms with Crippen LogP contribution in [0.25, 0.3) is 5.57 Å². The molecule has 0 N–H and O–H groups in total. The highest BCUT2D eigenvalue weighted by atomic mass is 35.5. The molecule has 2 aromatic carbocycles. The zero-order valence-electron chi connectivity index (χ0n) is 15.4. The average molecular weight is 397 g/mol. The number of fused-ring (bicyclic) bond motifs is 3. The first-order valence-corrected chi connectivity index (χ1v) is 9.83. The van der Waals surface area contributed by atoms with E-state index in [0.29, 0.717) is 18.7 Å². The van der Waals surface area contributed by atoms with Crippen molar-refractivity contribution in [2.75, 3.05) is 10.8 Å². The van der Waals surface area contributed by atoms with Crippen LogP contribution in [0.1, 0.15) is 24.0 Å². The van der Waals surface area contributed by atoms with Crippen LogP contribution in [-0.4, -0.2) is 35.0 Å². The lowest BCUT2D eigenvalue weighted by atomic mass is 10.1. The van der Waals surface area contributed by atoms with Crippen LogP contribution in [0.4, 0.5) is 10.5 Å². The zero-order chi connectivity index (χ0) is 19.7. The van der Waals surface area contributed by atoms with Crippen LogP contribution in [0.5, 0.6) is 0 Å². The van der Waals surface area contributed by atoms with Crippen molar-refractivity contribution in [3.05, 3.63) is 72.3 Å². The van der Waals surface area contributed by atoms with Crippen LogP contribution in [0.2, 0.25) is 0 Å². The van der Waals surface area contributed by atoms with Gasteiger partial charge in [0.1, 0.15) is 18.8 Å². The minimum absolute atomic E-state index is 0.113. The Hall–Kier alpha value is -2.79. The van der Waals surface area contributed by atoms with E-state index in [-0.39, 0.29) is 12.5 Å². The topological polar surface area (TPSA) is 49.9 Å². The highest BCUT2D eigenvalue weighted by Gasteiger charge is 2.54. The second kappa shape index (κ2) is 7.68. The highest BCUT2D eigenvalue weighted by molar-refractivity contribution is 6.18. The molecule has 0 spiro atoms. The average Bonchev–Trinajstić information content (AvgIpc) is 3.18. The molecule has 2 aliphatic heterocycles. The van der Waals surface area contributed by atoms with Crippen LogP contribution in [-0.2, 0) is 16.1 Å². The monoisotopic (exact) mass is 396 g/mol. The van der Waals surface area contributed by atoms with Gasteiger partial charge in [0.2, 0.25) is 0 Å². The number of rotatable bonds is 5. The van der Waals surface area contributed by atoms with Crippen LogP contribution in [0.15, 0.2) is 61.2 Å². The van der Waals surface area contributed by atoms with Gasteiger partial charge in [-0.2, -0.15) is 0 Å². The molecule has 0 aliphatic carbocycles. The molecule has 5 nitrogen and oxygen atoms in total. The van der Waals surface area contributed by atoms with Crippen molar-refractivity contribution in [2.45, 2.75) is 31.7 Å². The van der Waals surface area contributed by atoms with Gasteiger partial charge >= 0.3 is 6.09 Å². The number of carbonyl (C=O) groups is 2. The lowest BCUT2D eigenvalue weighted by Gasteiger charge is -2.27. The van der Waals surface area contributed by atoms with Gasteiger partial charge in [-0.05, 0) is 30.0 Å². The predicted molar refractivity (Wildman–Crippen MR) is 109 cm³/mol. The number of hydrogen-bond acceptors (Lipinski definition) is 3. The standard InChI is InChI=1S/C22H21ClN2O3/c1-15-17-10-5-6-11-18(17)24-20(15)25(19(21(24)26)12-7-13-23)22(27)28-14-16-8-3-2-4-9-16/h2-6,8-11,19-20H,1,7,12-14H2/t19-,20-/m0/s1. The molecule has 0 aromatic heterocycles. The number of carbonyl (C=O) groups excluding carboxylic acids is 2. The third kappa shape index (κ3) is 3.06. The van der Waals surface area contributed by atoms with Gasteiger partial charge in [-0.1, -0.05) is 55.1 Å². The van der Waals surface area contributed by atoms with Gasteiger partial charge in [0.15, 0.2) is 0 Å². The molecule has 0 bridgehead atoms. The van der Waals surface area contributed by atoms with Gasteiger partial charge in [0.05, 0.1) is 5.69 Å². The van der Waals surface area contributed by atoms with Crippen LogP contribution < -0.4 is 4.90 Å². The Bertz CT molecular complexity index is 915. The molecule has 2 aliphatic rings. The van der Waals surface area contributed by atoms with E-state index in [9.17, 15) is 9.59 Å². The molecule has 1 fully saturated rings. The van der Waals surface area contributed by atoms with E-state index in [4.69, 9.17) is 16.3 Å². The molecule has 0 radical (unpaired) electrons. The molecule has 6 heteroatoms. The Balaban J connectivity index is 1.62. The van der Waals surface area contributed by atoms with E-state index in [1.165, 1.54) is 4.90 Å². The lowest BCUT2D eigenvalue weighted by molar-refractivity contribution is -0.119. The highest BCUT2D eigenvalue weighted by Crippen LogP contribution is 2.46. The summed E-state index contributed by atoms with van der Waals surface area (Å²) in [6.07, 6.45) is 0.0621. The second-order valence-corrected chi connectivity index (χ2v) is 7.30. The molecule has 2 heterocycles. The maximum atomic E-state index is 13.2. The zero-order valence-corrected chi connectivity index (χ0v) is 16.1. The maximum Gasteiger partial charge on any atom is 0.412 e. The first-order valence-electron chi connectivity index (χ1n) is 9.29. The van der Waals surface area contributed by atoms with Crippen molar-refractivity contribution in [1.82, 2.24) is 4.90 Å². The van der Waals surface area contributed by atoms with Crippen LogP contribution in [0.3, 0.4) is 0 Å². The molecule has 2 aromatic rings. The molecule has 28 heavy (non-hydrogen) atoms. The summed E-state index contributed by atoms with van der Waals surface area (Å²) >= 11 is 5.85. The minimum Gasteiger partial charge on any atom is -0.444 e. The number of hydrogen-bond donors (Lipinski definition) is 0. The number of anilines is 1. The number of benzene rings is 2. The van der Waals surface area contributed by atoms with E-state index in [2.05, 4.69) is 6.58 Å². The van der Waals surface area contributed by atoms with Gasteiger partial charge < -0.3 is 4.74 Å². The van der Waals surface area contributed by atoms with E-state index in [0.717, 1.165) is 22.4 Å². The number of nitrogens with zero attached hydrogens (tertiary/aromatic N) is 2. The Morgan fingerprint density at radius 3 is 2.57 bits per heavy atom. The number of para-hydroxylation sites is 1. The first kappa shape index (κ1) is 18.6. The normalized spacial score (nSPS) is 20.3. The molecular weight excluding hydrogens is 376 g/mol. The third-order valence-electron chi connectivity index (χ3n) is 5.21. The fourth-order valence-corrected chi connectivity index (χ4v) is 4.07. The molecule has 4 rings (SSSR count). The molecule has 0 unspecified atom stereocenters. The van der Waals surface area contributed by atoms with Crippen molar-refractivity contribution < 1.29 is 14.3 Å². The fraction of sp³-hybridized carbons (Fsp3) is 0.273. The quantitative estimate of drug-likeness (QED) is 0.703. The van der Waals surface area contributed by atoms with E-state index < -0.39 is 18.3 Å². The number of halogens is 1. The fourth-order valence-electron chi connectivity index (χ4n) is 3.92. The Labute approximate surface area is 169 Å². The van der Waals surface area contributed by atoms with E-state index >= 15 is 0 Å². The number of amides is 2. The van der Waals surface area contributed by atoms with Gasteiger partial charge in [-0.25, -0.2) is 4.79 Å². The molecular formula is C22H21ClN2O3. The van der Waals surface area contributed by atoms with Gasteiger partial charge in [-0.15, -0.1) is 11.6 Å². The molecule has 2 amide bonds. The smallest absolute Gasteiger partial charge is 0.412 e. The lowest BCUT2D eigenvalue weighted by Crippen LogP contribution is -2.44. The van der Waals surface area contributed by atoms with Gasteiger partial charge in [-0.3, -0.25) is 14.6 Å². The van der Waals surface area contributed by atoms with Crippen molar-refractivity contribution in [3.8, 4) is 0 Å². The van der Waals surface area contributed by atoms with Crippen molar-refractivity contribution in [2.24, 2.45) is 0 Å². The van der Waals surface area contributed by atoms with Crippen LogP contribution in [0, 0.1) is 0 Å². The minimum atomic E-state index is -0.600. The predicted octanol–water partition coefficient (Wildman–Crippen LogP) is 4.41. The molecule has 0 saturated carbocycles. The second-order valence-electron chi connectivity index (χ2n) is 6.92. The molecule has 144 valence electrons. The Morgan fingerprint density at radius 2 is 1.82 bits per heavy atom. The summed E-state index contributed by atoms with van der Waals surface area (Å²) in [6.45, 7) is 4.32. The largest absolute Gasteiger partial charge is 0.444 e. The van der Waals surface area contributed by atoms with Crippen molar-refractivity contribution in [1.29, 1.82) is 0 Å². The van der Waals surface area contributed by atoms with Gasteiger partial charge in [0.25, 0.3) is 5.91 Å². The van der Waals surface area contributed by atoms with Crippen molar-refractivity contribution in [3.63, 3.8) is 0 Å². The van der Waals surface area contributed by atoms with Crippen molar-refractivity contribution >= 4 is 34.9 Å². The molecule has 1 saturated heterocycles. The number of ether oxygens (including phenoxy) is 1. The summed E-state index contributed by atoms with van der Waals surface area (Å²) in [5.41, 5.74) is 3.30. The summed E-state index contributed by atoms with van der Waals surface area (Å²) in [4.78, 5) is 29.4. The Morgan fingerprint density at radius 1 is 1.11 bits per heavy atom. The summed E-state index contributed by atoms with van der Waals surface area (Å²) in [7, 11) is 0. The maximum absolute atomic E-state index is 13.2. The summed E-state index contributed by atoms with van der Waals surface area (Å²) < 4.78 is 5.56. The van der Waals surface area contributed by atoms with Crippen LogP contribution >= 0.6 is 11.6 Å². The van der Waals surface area contributed by atoms with Gasteiger partial charge in [0, 0.05) is 11.4 Å². The number of alkyl halides is 1. The summed E-state index contributed by atoms with van der Waals surface area (Å²) in [5.74, 6) is 0.316. The summed E-state index contributed by atoms with van der Waals surface area (Å²) in [6, 6.07) is 16.5.